The number of hydrogen-bond acceptors (Lipinski definition) is 5. The van der Waals surface area contributed by atoms with Gasteiger partial charge in [0.2, 0.25) is 10.0 Å². The van der Waals surface area contributed by atoms with Gasteiger partial charge in [-0.1, -0.05) is 0 Å². The number of fused-ring (bicyclic) bond motifs is 1. The fourth-order valence-corrected chi connectivity index (χ4v) is 4.52. The molecule has 118 valence electrons. The second-order valence-electron chi connectivity index (χ2n) is 6.34. The largest absolute Gasteiger partial charge is 0.468 e. The lowest BCUT2D eigenvalue weighted by Gasteiger charge is -2.42. The molecule has 2 atom stereocenters. The molecule has 2 fully saturated rings. The molecule has 0 aromatic carbocycles. The quantitative estimate of drug-likeness (QED) is 0.868. The van der Waals surface area contributed by atoms with E-state index in [9.17, 15) is 13.5 Å². The predicted octanol–water partition coefficient (Wildman–Crippen LogP) is 0.355. The SMILES string of the molecule is CS(=O)(=O)N1C[C@H]2CN(Cc3ccco3)CC[C@@]2(CO)C1. The van der Waals surface area contributed by atoms with E-state index in [1.165, 1.54) is 10.6 Å². The minimum Gasteiger partial charge on any atom is -0.468 e. The number of piperidine rings is 1. The molecule has 0 unspecified atom stereocenters. The molecule has 3 heterocycles. The van der Waals surface area contributed by atoms with Crippen LogP contribution >= 0.6 is 0 Å². The fourth-order valence-electron chi connectivity index (χ4n) is 3.58. The van der Waals surface area contributed by atoms with Crippen LogP contribution in [0.25, 0.3) is 0 Å². The number of hydrogen-bond donors (Lipinski definition) is 1. The maximum Gasteiger partial charge on any atom is 0.211 e. The van der Waals surface area contributed by atoms with Crippen molar-refractivity contribution in [3.05, 3.63) is 24.2 Å². The highest BCUT2D eigenvalue weighted by atomic mass is 32.2. The van der Waals surface area contributed by atoms with Gasteiger partial charge in [0, 0.05) is 25.0 Å². The molecule has 0 bridgehead atoms. The van der Waals surface area contributed by atoms with Crippen molar-refractivity contribution in [2.24, 2.45) is 11.3 Å². The number of aliphatic hydroxyl groups excluding tert-OH is 1. The summed E-state index contributed by atoms with van der Waals surface area (Å²) >= 11 is 0. The molecule has 3 rings (SSSR count). The van der Waals surface area contributed by atoms with Crippen LogP contribution < -0.4 is 0 Å². The normalized spacial score (nSPS) is 31.4. The average Bonchev–Trinajstić information content (AvgIpc) is 3.05. The highest BCUT2D eigenvalue weighted by molar-refractivity contribution is 7.88. The summed E-state index contributed by atoms with van der Waals surface area (Å²) in [5.41, 5.74) is -0.275. The smallest absolute Gasteiger partial charge is 0.211 e. The maximum atomic E-state index is 11.8. The Morgan fingerprint density at radius 3 is 2.90 bits per heavy atom. The van der Waals surface area contributed by atoms with Gasteiger partial charge in [0.05, 0.1) is 25.7 Å². The van der Waals surface area contributed by atoms with Crippen molar-refractivity contribution in [1.29, 1.82) is 0 Å². The van der Waals surface area contributed by atoms with Gasteiger partial charge in [-0.25, -0.2) is 12.7 Å². The number of aliphatic hydroxyl groups is 1. The summed E-state index contributed by atoms with van der Waals surface area (Å²) in [6.45, 7) is 3.40. The molecular formula is C14H22N2O4S. The molecule has 2 aliphatic heterocycles. The average molecular weight is 314 g/mol. The third kappa shape index (κ3) is 2.88. The van der Waals surface area contributed by atoms with E-state index in [4.69, 9.17) is 4.42 Å². The predicted molar refractivity (Wildman–Crippen MR) is 78.0 cm³/mol. The highest BCUT2D eigenvalue weighted by Gasteiger charge is 2.51. The molecule has 0 spiro atoms. The fraction of sp³-hybridized carbons (Fsp3) is 0.714. The maximum absolute atomic E-state index is 11.8. The Bertz CT molecular complexity index is 586. The van der Waals surface area contributed by atoms with Crippen LogP contribution in [-0.2, 0) is 16.6 Å². The molecule has 1 aromatic heterocycles. The Kier molecular flexibility index (Phi) is 3.85. The number of sulfonamides is 1. The van der Waals surface area contributed by atoms with Gasteiger partial charge in [-0.15, -0.1) is 0 Å². The van der Waals surface area contributed by atoms with Crippen LogP contribution in [0.5, 0.6) is 0 Å². The standard InChI is InChI=1S/C14H22N2O4S/c1-21(18,19)16-8-12-7-15(9-13-3-2-6-20-13)5-4-14(12,10-16)11-17/h2-3,6,12,17H,4-5,7-11H2,1H3/t12-,14+/m1/s1. The van der Waals surface area contributed by atoms with E-state index in [0.717, 1.165) is 31.8 Å². The van der Waals surface area contributed by atoms with Gasteiger partial charge >= 0.3 is 0 Å². The van der Waals surface area contributed by atoms with Crippen molar-refractivity contribution >= 4 is 10.0 Å². The number of likely N-dealkylation sites (tertiary alicyclic amines) is 1. The molecule has 0 radical (unpaired) electrons. The van der Waals surface area contributed by atoms with Crippen LogP contribution in [0.2, 0.25) is 0 Å². The molecule has 0 aliphatic carbocycles. The first-order valence-electron chi connectivity index (χ1n) is 7.24. The van der Waals surface area contributed by atoms with Gasteiger partial charge in [-0.05, 0) is 31.0 Å². The van der Waals surface area contributed by atoms with Crippen LogP contribution in [-0.4, -0.2) is 61.8 Å². The van der Waals surface area contributed by atoms with Crippen LogP contribution in [0.1, 0.15) is 12.2 Å². The molecule has 0 saturated carbocycles. The monoisotopic (exact) mass is 314 g/mol. The van der Waals surface area contributed by atoms with Gasteiger partial charge in [-0.3, -0.25) is 4.90 Å². The highest BCUT2D eigenvalue weighted by Crippen LogP contribution is 2.43. The van der Waals surface area contributed by atoms with E-state index < -0.39 is 10.0 Å². The van der Waals surface area contributed by atoms with Crippen molar-refractivity contribution in [3.63, 3.8) is 0 Å². The van der Waals surface area contributed by atoms with E-state index in [1.807, 2.05) is 12.1 Å². The van der Waals surface area contributed by atoms with E-state index in [-0.39, 0.29) is 17.9 Å². The summed E-state index contributed by atoms with van der Waals surface area (Å²) < 4.78 is 30.5. The molecule has 6 nitrogen and oxygen atoms in total. The number of furan rings is 1. The van der Waals surface area contributed by atoms with Crippen molar-refractivity contribution in [3.8, 4) is 0 Å². The first-order valence-corrected chi connectivity index (χ1v) is 9.08. The minimum atomic E-state index is -3.19. The third-order valence-electron chi connectivity index (χ3n) is 4.93. The van der Waals surface area contributed by atoms with E-state index in [1.54, 1.807) is 6.26 Å². The zero-order valence-corrected chi connectivity index (χ0v) is 13.1. The van der Waals surface area contributed by atoms with Crippen molar-refractivity contribution in [1.82, 2.24) is 9.21 Å². The Morgan fingerprint density at radius 2 is 2.29 bits per heavy atom. The zero-order valence-electron chi connectivity index (χ0n) is 12.2. The van der Waals surface area contributed by atoms with Gasteiger partial charge in [0.1, 0.15) is 5.76 Å². The van der Waals surface area contributed by atoms with Crippen LogP contribution in [0.3, 0.4) is 0 Å². The molecule has 7 heteroatoms. The Morgan fingerprint density at radius 1 is 1.48 bits per heavy atom. The van der Waals surface area contributed by atoms with Gasteiger partial charge in [0.25, 0.3) is 0 Å². The van der Waals surface area contributed by atoms with Crippen LogP contribution in [0.4, 0.5) is 0 Å². The molecule has 1 N–H and O–H groups in total. The second-order valence-corrected chi connectivity index (χ2v) is 8.32. The number of nitrogens with zero attached hydrogens (tertiary/aromatic N) is 2. The van der Waals surface area contributed by atoms with Gasteiger partial charge < -0.3 is 9.52 Å². The van der Waals surface area contributed by atoms with Gasteiger partial charge in [-0.2, -0.15) is 0 Å². The van der Waals surface area contributed by atoms with Crippen molar-refractivity contribution in [2.45, 2.75) is 13.0 Å². The first-order chi connectivity index (χ1) is 9.93. The summed E-state index contributed by atoms with van der Waals surface area (Å²) in [5, 5.41) is 9.82. The van der Waals surface area contributed by atoms with Crippen molar-refractivity contribution in [2.75, 3.05) is 39.0 Å². The Hall–Kier alpha value is -0.890. The van der Waals surface area contributed by atoms with Crippen molar-refractivity contribution < 1.29 is 17.9 Å². The Balaban J connectivity index is 1.72. The van der Waals surface area contributed by atoms with Crippen LogP contribution in [0, 0.1) is 11.3 Å². The lowest BCUT2D eigenvalue weighted by molar-refractivity contribution is 0.0149. The topological polar surface area (TPSA) is 74.0 Å². The molecule has 0 amide bonds. The lowest BCUT2D eigenvalue weighted by atomic mass is 9.73. The molecule has 1 aromatic rings. The lowest BCUT2D eigenvalue weighted by Crippen LogP contribution is -2.48. The summed E-state index contributed by atoms with van der Waals surface area (Å²) in [6.07, 6.45) is 3.73. The molecule has 2 saturated heterocycles. The number of rotatable bonds is 4. The first kappa shape index (κ1) is 15.0. The van der Waals surface area contributed by atoms with E-state index >= 15 is 0 Å². The summed E-state index contributed by atoms with van der Waals surface area (Å²) in [4.78, 5) is 2.28. The van der Waals surface area contributed by atoms with E-state index in [0.29, 0.717) is 13.1 Å². The minimum absolute atomic E-state index is 0.0538. The molecule has 21 heavy (non-hydrogen) atoms. The molecular weight excluding hydrogens is 292 g/mol. The summed E-state index contributed by atoms with van der Waals surface area (Å²) in [5.74, 6) is 1.10. The molecule has 2 aliphatic rings. The van der Waals surface area contributed by atoms with Gasteiger partial charge in [0.15, 0.2) is 0 Å². The van der Waals surface area contributed by atoms with E-state index in [2.05, 4.69) is 4.90 Å². The second kappa shape index (κ2) is 5.39. The summed E-state index contributed by atoms with van der Waals surface area (Å²) in [7, 11) is -3.19. The summed E-state index contributed by atoms with van der Waals surface area (Å²) in [6, 6.07) is 3.82. The van der Waals surface area contributed by atoms with Crippen LogP contribution in [0.15, 0.2) is 22.8 Å². The third-order valence-corrected chi connectivity index (χ3v) is 6.15. The Labute approximate surface area is 125 Å². The zero-order chi connectivity index (χ0) is 15.1.